The quantitative estimate of drug-likeness (QED) is 0.839. The fourth-order valence-corrected chi connectivity index (χ4v) is 4.28. The highest BCUT2D eigenvalue weighted by atomic mass is 32.2. The molecule has 0 bridgehead atoms. The van der Waals surface area contributed by atoms with Crippen LogP contribution in [0.4, 0.5) is 0 Å². The number of nitrogens with one attached hydrogen (secondary N) is 2. The zero-order valence-corrected chi connectivity index (χ0v) is 14.1. The van der Waals surface area contributed by atoms with Gasteiger partial charge in [0.2, 0.25) is 10.0 Å². The van der Waals surface area contributed by atoms with E-state index in [4.69, 9.17) is 0 Å². The molecule has 0 aliphatic rings. The number of H-pyrrole nitrogens is 2. The van der Waals surface area contributed by atoms with E-state index in [0.29, 0.717) is 5.69 Å². The van der Waals surface area contributed by atoms with Gasteiger partial charge in [-0.25, -0.2) is 18.2 Å². The lowest BCUT2D eigenvalue weighted by molar-refractivity contribution is 0.391. The van der Waals surface area contributed by atoms with E-state index in [1.165, 1.54) is 18.4 Å². The lowest BCUT2D eigenvalue weighted by atomic mass is 10.2. The average Bonchev–Trinajstić information content (AvgIpc) is 2.75. The number of thiazole rings is 1. The summed E-state index contributed by atoms with van der Waals surface area (Å²) >= 11 is 1.48. The highest BCUT2D eigenvalue weighted by molar-refractivity contribution is 7.89. The lowest BCUT2D eigenvalue weighted by Gasteiger charge is -2.23. The molecule has 0 aliphatic heterocycles. The molecule has 0 fully saturated rings. The van der Waals surface area contributed by atoms with E-state index in [-0.39, 0.29) is 0 Å². The van der Waals surface area contributed by atoms with Gasteiger partial charge in [-0.15, -0.1) is 11.3 Å². The predicted molar refractivity (Wildman–Crippen MR) is 82.6 cm³/mol. The summed E-state index contributed by atoms with van der Waals surface area (Å²) in [6, 6.07) is -0.540. The fraction of sp³-hybridized carbons (Fsp3) is 0.417. The highest BCUT2D eigenvalue weighted by Crippen LogP contribution is 2.28. The third-order valence-electron chi connectivity index (χ3n) is 3.32. The zero-order valence-electron chi connectivity index (χ0n) is 12.5. The van der Waals surface area contributed by atoms with Crippen molar-refractivity contribution in [1.82, 2.24) is 19.3 Å². The van der Waals surface area contributed by atoms with Crippen LogP contribution in [0.2, 0.25) is 0 Å². The second-order valence-electron chi connectivity index (χ2n) is 4.81. The van der Waals surface area contributed by atoms with Crippen LogP contribution in [0.3, 0.4) is 0 Å². The summed E-state index contributed by atoms with van der Waals surface area (Å²) in [5.41, 5.74) is -1.06. The van der Waals surface area contributed by atoms with Crippen molar-refractivity contribution in [2.75, 3.05) is 7.05 Å². The maximum absolute atomic E-state index is 12.6. The van der Waals surface area contributed by atoms with Gasteiger partial charge < -0.3 is 4.98 Å². The number of sulfonamides is 1. The van der Waals surface area contributed by atoms with Gasteiger partial charge in [-0.3, -0.25) is 9.78 Å². The summed E-state index contributed by atoms with van der Waals surface area (Å²) in [5.74, 6) is 0. The van der Waals surface area contributed by atoms with Crippen LogP contribution in [0.1, 0.15) is 28.5 Å². The second-order valence-corrected chi connectivity index (χ2v) is 8.18. The zero-order chi connectivity index (χ0) is 16.7. The van der Waals surface area contributed by atoms with Gasteiger partial charge >= 0.3 is 5.69 Å². The molecule has 22 heavy (non-hydrogen) atoms. The van der Waals surface area contributed by atoms with E-state index in [2.05, 4.69) is 9.97 Å². The molecule has 2 heterocycles. The van der Waals surface area contributed by atoms with Crippen molar-refractivity contribution >= 4 is 21.4 Å². The molecule has 0 saturated carbocycles. The summed E-state index contributed by atoms with van der Waals surface area (Å²) in [4.78, 5) is 31.6. The number of hydrogen-bond acceptors (Lipinski definition) is 6. The molecular formula is C12H16N4O4S2. The van der Waals surface area contributed by atoms with Gasteiger partial charge in [-0.1, -0.05) is 0 Å². The van der Waals surface area contributed by atoms with Gasteiger partial charge in [-0.2, -0.15) is 4.31 Å². The molecule has 1 atom stereocenters. The molecule has 0 amide bonds. The van der Waals surface area contributed by atoms with Crippen molar-refractivity contribution in [2.45, 2.75) is 31.7 Å². The third kappa shape index (κ3) is 2.89. The van der Waals surface area contributed by atoms with Gasteiger partial charge in [0.05, 0.1) is 16.7 Å². The Morgan fingerprint density at radius 1 is 1.32 bits per heavy atom. The minimum Gasteiger partial charge on any atom is -0.313 e. The maximum atomic E-state index is 12.6. The summed E-state index contributed by atoms with van der Waals surface area (Å²) in [7, 11) is -2.68. The number of hydrogen-bond donors (Lipinski definition) is 2. The fourth-order valence-electron chi connectivity index (χ4n) is 2.06. The molecule has 8 nitrogen and oxygen atoms in total. The Morgan fingerprint density at radius 2 is 1.95 bits per heavy atom. The van der Waals surface area contributed by atoms with E-state index in [1.807, 2.05) is 18.8 Å². The molecule has 10 heteroatoms. The minimum absolute atomic E-state index is 0.508. The Labute approximate surface area is 130 Å². The summed E-state index contributed by atoms with van der Waals surface area (Å²) in [6.07, 6.45) is 0.902. The first kappa shape index (κ1) is 16.6. The predicted octanol–water partition coefficient (Wildman–Crippen LogP) is 0.518. The first-order valence-corrected chi connectivity index (χ1v) is 8.64. The van der Waals surface area contributed by atoms with Crippen LogP contribution in [-0.2, 0) is 10.0 Å². The van der Waals surface area contributed by atoms with Gasteiger partial charge in [0.1, 0.15) is 0 Å². The van der Waals surface area contributed by atoms with Crippen molar-refractivity contribution in [3.8, 4) is 0 Å². The average molecular weight is 344 g/mol. The van der Waals surface area contributed by atoms with Gasteiger partial charge in [-0.05, 0) is 20.8 Å². The topological polar surface area (TPSA) is 116 Å². The van der Waals surface area contributed by atoms with E-state index >= 15 is 0 Å². The van der Waals surface area contributed by atoms with Crippen LogP contribution < -0.4 is 11.2 Å². The Hall–Kier alpha value is -1.78. The molecule has 2 N–H and O–H groups in total. The van der Waals surface area contributed by atoms with Crippen LogP contribution in [0.25, 0.3) is 0 Å². The molecule has 2 rings (SSSR count). The normalized spacial score (nSPS) is 13.5. The maximum Gasteiger partial charge on any atom is 0.325 e. The van der Waals surface area contributed by atoms with Crippen molar-refractivity contribution in [3.05, 3.63) is 42.6 Å². The number of aromatic nitrogens is 3. The van der Waals surface area contributed by atoms with Gasteiger partial charge in [0.15, 0.2) is 4.90 Å². The molecule has 0 saturated heterocycles. The van der Waals surface area contributed by atoms with Crippen LogP contribution in [-0.4, -0.2) is 34.7 Å². The van der Waals surface area contributed by atoms with E-state index in [1.54, 1.807) is 6.92 Å². The summed E-state index contributed by atoms with van der Waals surface area (Å²) < 4.78 is 26.2. The molecule has 2 aromatic rings. The molecule has 0 aromatic carbocycles. The van der Waals surface area contributed by atoms with Crippen LogP contribution in [0.5, 0.6) is 0 Å². The Balaban J connectivity index is 2.47. The molecule has 2 aromatic heterocycles. The molecule has 0 spiro atoms. The third-order valence-corrected chi connectivity index (χ3v) is 6.16. The number of aryl methyl sites for hydroxylation is 2. The monoisotopic (exact) mass is 344 g/mol. The van der Waals surface area contributed by atoms with Crippen molar-refractivity contribution < 1.29 is 8.42 Å². The largest absolute Gasteiger partial charge is 0.325 e. The standard InChI is InChI=1S/C12H16N4O4S2/c1-6(10-7(2)21-8(3)14-10)16(4)22(19,20)9-5-13-12(18)15-11(9)17/h5-6H,1-4H3,(H2,13,15,17,18)/t6-/m1/s1. The van der Waals surface area contributed by atoms with Crippen molar-refractivity contribution in [1.29, 1.82) is 0 Å². The number of aromatic amines is 2. The smallest absolute Gasteiger partial charge is 0.313 e. The summed E-state index contributed by atoms with van der Waals surface area (Å²) in [6.45, 7) is 5.40. The minimum atomic E-state index is -4.06. The Kier molecular flexibility index (Phi) is 4.36. The van der Waals surface area contributed by atoms with Crippen molar-refractivity contribution in [3.63, 3.8) is 0 Å². The van der Waals surface area contributed by atoms with Crippen LogP contribution >= 0.6 is 11.3 Å². The summed E-state index contributed by atoms with van der Waals surface area (Å²) in [5, 5.41) is 0.840. The van der Waals surface area contributed by atoms with E-state index < -0.39 is 32.2 Å². The number of nitrogens with zero attached hydrogens (tertiary/aromatic N) is 2. The molecule has 0 unspecified atom stereocenters. The molecule has 0 aliphatic carbocycles. The molecular weight excluding hydrogens is 328 g/mol. The van der Waals surface area contributed by atoms with E-state index in [0.717, 1.165) is 20.4 Å². The Bertz CT molecular complexity index is 910. The highest BCUT2D eigenvalue weighted by Gasteiger charge is 2.30. The molecule has 0 radical (unpaired) electrons. The molecule has 120 valence electrons. The Morgan fingerprint density at radius 3 is 2.45 bits per heavy atom. The lowest BCUT2D eigenvalue weighted by Crippen LogP contribution is -2.36. The number of rotatable bonds is 4. The van der Waals surface area contributed by atoms with Crippen LogP contribution in [0.15, 0.2) is 20.7 Å². The van der Waals surface area contributed by atoms with Gasteiger partial charge in [0.25, 0.3) is 5.56 Å². The second kappa shape index (κ2) is 5.78. The van der Waals surface area contributed by atoms with E-state index in [9.17, 15) is 18.0 Å². The van der Waals surface area contributed by atoms with Crippen molar-refractivity contribution in [2.24, 2.45) is 0 Å². The van der Waals surface area contributed by atoms with Crippen LogP contribution in [0, 0.1) is 13.8 Å². The SMILES string of the molecule is Cc1nc([C@@H](C)N(C)S(=O)(=O)c2c[nH]c(=O)[nH]c2=O)c(C)s1. The van der Waals surface area contributed by atoms with Gasteiger partial charge in [0, 0.05) is 18.1 Å². The first-order valence-electron chi connectivity index (χ1n) is 6.38. The first-order chi connectivity index (χ1) is 10.1.